The highest BCUT2D eigenvalue weighted by Gasteiger charge is 2.54. The molecule has 2 amide bonds. The molecule has 3 aromatic rings. The minimum atomic E-state index is -5.08. The second kappa shape index (κ2) is 13.9. The number of carbonyl (C=O) groups excluding carboxylic acids is 2. The number of hydrogen-bond acceptors (Lipinski definition) is 17. The number of aromatic nitrogens is 5. The summed E-state index contributed by atoms with van der Waals surface area (Å²) in [6.07, 6.45) is 2.96. The molecular formula is C23H33N12O9S3+. The molecule has 0 bridgehead atoms. The fourth-order valence-electron chi connectivity index (χ4n) is 4.15. The first-order chi connectivity index (χ1) is 21.9. The van der Waals surface area contributed by atoms with E-state index in [1.54, 1.807) is 24.1 Å². The Balaban J connectivity index is 1.50. The molecule has 0 radical (unpaired) electrons. The zero-order valence-electron chi connectivity index (χ0n) is 25.0. The van der Waals surface area contributed by atoms with Crippen molar-refractivity contribution in [3.8, 4) is 10.6 Å². The minimum Gasteiger partial charge on any atom is -0.478 e. The monoisotopic (exact) mass is 717 g/mol. The zero-order chi connectivity index (χ0) is 34.8. The van der Waals surface area contributed by atoms with Crippen molar-refractivity contribution in [1.82, 2.24) is 34.0 Å². The van der Waals surface area contributed by atoms with Crippen LogP contribution >= 0.6 is 22.9 Å². The number of nitrogens with zero attached hydrogens (tertiary/aromatic N) is 7. The van der Waals surface area contributed by atoms with Gasteiger partial charge in [0.2, 0.25) is 11.8 Å². The zero-order valence-corrected chi connectivity index (χ0v) is 27.5. The Kier molecular flexibility index (Phi) is 10.6. The van der Waals surface area contributed by atoms with Crippen LogP contribution < -0.4 is 32.5 Å². The number of carbonyl (C=O) groups is 3. The Hall–Kier alpha value is -4.17. The molecule has 0 spiro atoms. The van der Waals surface area contributed by atoms with Crippen LogP contribution in [0.15, 0.2) is 23.7 Å². The number of aliphatic carboxylic acids is 1. The summed E-state index contributed by atoms with van der Waals surface area (Å²) in [5.74, 6) is -3.50. The van der Waals surface area contributed by atoms with Crippen LogP contribution in [0.3, 0.4) is 0 Å². The van der Waals surface area contributed by atoms with E-state index in [0.29, 0.717) is 23.7 Å². The Morgan fingerprint density at radius 2 is 2.04 bits per heavy atom. The lowest BCUT2D eigenvalue weighted by Crippen LogP contribution is -2.75. The SMILES string of the molecule is C[n+]1cc(-c2ncc(C(=O)NC[C@@H]3[C@H](NC(O)/C(=N\OC(C)(C)C(=O)O)c4nsc(N)n4)C(=O)N3S(=O)(=O)O)s2)cn1CC(N)CN. The van der Waals surface area contributed by atoms with Gasteiger partial charge in [-0.25, -0.2) is 14.1 Å². The van der Waals surface area contributed by atoms with Gasteiger partial charge in [-0.15, -0.1) is 16.0 Å². The fraction of sp³-hybridized carbons (Fsp3) is 0.478. The van der Waals surface area contributed by atoms with Gasteiger partial charge in [0.05, 0.1) is 30.5 Å². The van der Waals surface area contributed by atoms with Gasteiger partial charge in [0.25, 0.3) is 11.8 Å². The molecule has 11 N–H and O–H groups in total. The number of β-lactam (4-membered cyclic amide) rings is 1. The van der Waals surface area contributed by atoms with Crippen molar-refractivity contribution >= 4 is 61.8 Å². The molecule has 1 fully saturated rings. The highest BCUT2D eigenvalue weighted by Crippen LogP contribution is 2.26. The van der Waals surface area contributed by atoms with Crippen LogP contribution in [0, 0.1) is 0 Å². The van der Waals surface area contributed by atoms with Crippen molar-refractivity contribution in [2.75, 3.05) is 18.8 Å². The summed E-state index contributed by atoms with van der Waals surface area (Å²) in [6.45, 7) is 2.60. The third-order valence-electron chi connectivity index (χ3n) is 6.76. The Morgan fingerprint density at radius 1 is 1.34 bits per heavy atom. The summed E-state index contributed by atoms with van der Waals surface area (Å²) in [6, 6.07) is -3.19. The number of carboxylic acids is 1. The molecule has 4 heterocycles. The van der Waals surface area contributed by atoms with Gasteiger partial charge in [0, 0.05) is 30.7 Å². The smallest absolute Gasteiger partial charge is 0.362 e. The van der Waals surface area contributed by atoms with Gasteiger partial charge in [0.15, 0.2) is 29.9 Å². The number of hydrogen-bond donors (Lipinski definition) is 8. The van der Waals surface area contributed by atoms with E-state index in [2.05, 4.69) is 30.1 Å². The molecule has 3 aromatic heterocycles. The molecule has 1 aliphatic rings. The molecular weight excluding hydrogens is 685 g/mol. The molecule has 0 aromatic carbocycles. The van der Waals surface area contributed by atoms with Crippen molar-refractivity contribution in [2.45, 2.75) is 50.3 Å². The van der Waals surface area contributed by atoms with Gasteiger partial charge in [0.1, 0.15) is 15.9 Å². The number of aliphatic hydroxyl groups is 1. The Labute approximate surface area is 275 Å². The topological polar surface area (TPSA) is 320 Å². The third-order valence-corrected chi connectivity index (χ3v) is 9.30. The quantitative estimate of drug-likeness (QED) is 0.0188. The molecule has 4 atom stereocenters. The maximum absolute atomic E-state index is 13.0. The molecule has 256 valence electrons. The van der Waals surface area contributed by atoms with Crippen LogP contribution in [0.25, 0.3) is 10.6 Å². The van der Waals surface area contributed by atoms with E-state index in [0.717, 1.165) is 22.9 Å². The molecule has 0 saturated carbocycles. The summed E-state index contributed by atoms with van der Waals surface area (Å²) >= 11 is 1.77. The summed E-state index contributed by atoms with van der Waals surface area (Å²) in [5, 5.41) is 29.3. The van der Waals surface area contributed by atoms with Crippen LogP contribution in [0.4, 0.5) is 5.13 Å². The maximum atomic E-state index is 13.0. The predicted molar refractivity (Wildman–Crippen MR) is 165 cm³/mol. The van der Waals surface area contributed by atoms with Crippen LogP contribution in [0.2, 0.25) is 0 Å². The number of carboxylic acid groups (broad SMARTS) is 1. The molecule has 4 rings (SSSR count). The molecule has 1 aliphatic heterocycles. The van der Waals surface area contributed by atoms with E-state index in [1.165, 1.54) is 20.0 Å². The van der Waals surface area contributed by atoms with Gasteiger partial charge in [-0.3, -0.25) is 19.5 Å². The maximum Gasteiger partial charge on any atom is 0.362 e. The number of amides is 2. The number of nitrogens with one attached hydrogen (secondary N) is 2. The van der Waals surface area contributed by atoms with E-state index >= 15 is 0 Å². The van der Waals surface area contributed by atoms with Crippen LogP contribution in [-0.4, -0.2) is 113 Å². The number of aryl methyl sites for hydroxylation is 1. The Bertz CT molecular complexity index is 1790. The number of nitrogen functional groups attached to an aromatic ring is 1. The van der Waals surface area contributed by atoms with E-state index in [4.69, 9.17) is 22.0 Å². The standard InChI is InChI=1S/C23H32N12O9S3/c1-23(2,21(39)40)44-31-15(16-30-22(26)46-32-16)18(37)29-14-12(35(20(14)38)47(41,42)43)5-27-17(36)13-6-28-19(45-13)10-7-33(3)34(8-10)9-11(25)4-24/h6-8,11-12,14,18,29,37H,4-5,9,24-25H2,1-3H3,(H4-,26,27,30,32,36,39,40,41,42,43)/p+1/b31-15-/t11?,12-,14+,18?/m1/s1. The highest BCUT2D eigenvalue weighted by atomic mass is 32.2. The van der Waals surface area contributed by atoms with Crippen LogP contribution in [0.1, 0.15) is 29.3 Å². The lowest BCUT2D eigenvalue weighted by molar-refractivity contribution is -0.753. The van der Waals surface area contributed by atoms with Crippen molar-refractivity contribution in [2.24, 2.45) is 23.7 Å². The molecule has 21 nitrogen and oxygen atoms in total. The summed E-state index contributed by atoms with van der Waals surface area (Å²) < 4.78 is 41.3. The normalized spacial score (nSPS) is 18.5. The number of rotatable bonds is 15. The van der Waals surface area contributed by atoms with Crippen molar-refractivity contribution < 1.29 is 47.1 Å². The largest absolute Gasteiger partial charge is 0.478 e. The lowest BCUT2D eigenvalue weighted by atomic mass is 9.98. The van der Waals surface area contributed by atoms with Crippen molar-refractivity contribution in [3.63, 3.8) is 0 Å². The second-order valence-electron chi connectivity index (χ2n) is 10.7. The number of thiazole rings is 1. The first-order valence-electron chi connectivity index (χ1n) is 13.5. The summed E-state index contributed by atoms with van der Waals surface area (Å²) in [5.41, 5.74) is 15.5. The lowest BCUT2D eigenvalue weighted by Gasteiger charge is -2.45. The number of anilines is 1. The number of oxime groups is 1. The van der Waals surface area contributed by atoms with E-state index in [1.807, 2.05) is 4.68 Å². The van der Waals surface area contributed by atoms with E-state index < -0.39 is 64.3 Å². The molecule has 0 aliphatic carbocycles. The van der Waals surface area contributed by atoms with E-state index in [9.17, 15) is 37.6 Å². The van der Waals surface area contributed by atoms with Gasteiger partial charge >= 0.3 is 16.3 Å². The minimum absolute atomic E-state index is 0.0382. The molecule has 24 heteroatoms. The molecule has 2 unspecified atom stereocenters. The van der Waals surface area contributed by atoms with Crippen LogP contribution in [0.5, 0.6) is 0 Å². The fourth-order valence-corrected chi connectivity index (χ4v) is 6.28. The molecule has 1 saturated heterocycles. The highest BCUT2D eigenvalue weighted by molar-refractivity contribution is 7.84. The predicted octanol–water partition coefficient (Wildman–Crippen LogP) is -3.54. The van der Waals surface area contributed by atoms with Gasteiger partial charge < -0.3 is 37.6 Å². The van der Waals surface area contributed by atoms with Crippen molar-refractivity contribution in [3.05, 3.63) is 29.3 Å². The number of nitrogens with two attached hydrogens (primary N) is 3. The number of aliphatic hydroxyl groups excluding tert-OH is 1. The summed E-state index contributed by atoms with van der Waals surface area (Å²) in [7, 11) is -3.28. The van der Waals surface area contributed by atoms with Gasteiger partial charge in [-0.1, -0.05) is 5.16 Å². The second-order valence-corrected chi connectivity index (χ2v) is 13.8. The van der Waals surface area contributed by atoms with E-state index in [-0.39, 0.29) is 26.2 Å². The first kappa shape index (κ1) is 35.7. The van der Waals surface area contributed by atoms with Crippen LogP contribution in [-0.2, 0) is 38.3 Å². The Morgan fingerprint density at radius 3 is 2.64 bits per heavy atom. The molecule has 47 heavy (non-hydrogen) atoms. The third kappa shape index (κ3) is 8.04. The van der Waals surface area contributed by atoms with Gasteiger partial charge in [-0.2, -0.15) is 22.5 Å². The summed E-state index contributed by atoms with van der Waals surface area (Å²) in [4.78, 5) is 50.6. The average Bonchev–Trinajstić information content (AvgIpc) is 3.73. The first-order valence-corrected chi connectivity index (χ1v) is 16.5. The average molecular weight is 718 g/mol. The van der Waals surface area contributed by atoms with Crippen molar-refractivity contribution in [1.29, 1.82) is 0 Å². The van der Waals surface area contributed by atoms with Gasteiger partial charge in [-0.05, 0) is 13.8 Å².